The molecule has 114 heavy (non-hydrogen) atoms. The van der Waals surface area contributed by atoms with E-state index in [2.05, 4.69) is 45.2 Å². The molecule has 0 aliphatic carbocycles. The Morgan fingerprint density at radius 2 is 0.649 bits per heavy atom. The molecule has 10 aliphatic heterocycles. The minimum atomic E-state index is -0.764. The number of pyridine rings is 5. The first-order chi connectivity index (χ1) is 53.7. The molecule has 0 aromatic carbocycles. The molecule has 0 atom stereocenters. The summed E-state index contributed by atoms with van der Waals surface area (Å²) in [5.74, 6) is 1.78. The molecule has 5 aromatic heterocycles. The first-order valence-corrected chi connectivity index (χ1v) is 39.7. The lowest BCUT2D eigenvalue weighted by Crippen LogP contribution is -2.47. The van der Waals surface area contributed by atoms with Crippen LogP contribution in [0.15, 0.2) is 54.9 Å². The molecule has 3 amide bonds. The Labute approximate surface area is 690 Å². The normalized spacial score (nSPS) is 20.4. The van der Waals surface area contributed by atoms with Gasteiger partial charge in [-0.25, -0.2) is 28.9 Å². The smallest absolute Gasteiger partial charge is 0.410 e. The van der Waals surface area contributed by atoms with Crippen LogP contribution in [-0.2, 0) is 65.9 Å². The number of carbonyl (C=O) groups is 4. The molecule has 10 aliphatic rings. The predicted molar refractivity (Wildman–Crippen MR) is 430 cm³/mol. The van der Waals surface area contributed by atoms with Crippen molar-refractivity contribution in [3.8, 4) is 12.1 Å². The van der Waals surface area contributed by atoms with E-state index < -0.39 is 45.2 Å². The lowest BCUT2D eigenvalue weighted by molar-refractivity contribution is -0.0489. The van der Waals surface area contributed by atoms with Crippen LogP contribution in [-0.4, -0.2) is 146 Å². The number of carbonyl (C=O) groups excluding carboxylic acids is 4. The van der Waals surface area contributed by atoms with Crippen LogP contribution < -0.4 is 10.6 Å². The van der Waals surface area contributed by atoms with Crippen LogP contribution >= 0.6 is 58.0 Å². The van der Waals surface area contributed by atoms with E-state index >= 15 is 0 Å². The van der Waals surface area contributed by atoms with Gasteiger partial charge in [0, 0.05) is 126 Å². The zero-order valence-electron chi connectivity index (χ0n) is 66.5. The van der Waals surface area contributed by atoms with Crippen molar-refractivity contribution in [2.24, 2.45) is 0 Å². The molecule has 5 spiro atoms. The van der Waals surface area contributed by atoms with Gasteiger partial charge in [-0.05, 0) is 153 Å². The number of allylic oxidation sites excluding steroid dienone is 2. The second-order valence-electron chi connectivity index (χ2n) is 32.5. The molecule has 31 heteroatoms. The average Bonchev–Trinajstić information content (AvgIpc) is 1.62. The highest BCUT2D eigenvalue weighted by atomic mass is 35.5. The second-order valence-corrected chi connectivity index (χ2v) is 34.5. The maximum absolute atomic E-state index is 12.3. The number of esters is 1. The summed E-state index contributed by atoms with van der Waals surface area (Å²) in [5.41, 5.74) is 7.14. The number of piperidine rings is 5. The van der Waals surface area contributed by atoms with E-state index in [-0.39, 0.29) is 23.9 Å². The van der Waals surface area contributed by atoms with Crippen molar-refractivity contribution in [1.82, 2.24) is 50.3 Å². The largest absolute Gasteiger partial charge is 0.492 e. The maximum atomic E-state index is 12.3. The number of hydrogen-bond acceptors (Lipinski definition) is 21. The number of fused-ring (bicyclic) bond motifs is 10. The third-order valence-electron chi connectivity index (χ3n) is 21.0. The molecule has 15 rings (SSSR count). The number of halogens is 5. The van der Waals surface area contributed by atoms with E-state index in [4.69, 9.17) is 120 Å². The number of ether oxygens (including phenoxy) is 8. The standard InChI is InChI=1S/2C19H22ClN3O3.C17H21ClN2O4.2C14H14ClN3O/c1-12-14(20)10-13-15(11-21-5)25-19(16(13)22-12)6-8-23(9-7-19)17(24)26-18(2,3)4;1-12-14(20)11-13-15(5-8-21)25-19(16(13)22-12)6-9-23(10-7-19)17(24)26-18(2,3)4;1-10-12(18)9-11-13(19-10)17(23-14(11)21)5-7-20(8-6-17)15(22)24-16(2,3)4;1-9-11(15)7-10-12(8-16-2)19-14(13(10)18-9)3-5-17-6-4-14;1-9-11(15)8-10-12(2-5-16)19-14(13(10)18-9)3-6-17-7-4-14/h10-11H,6-9H2,1-4H3;5,11H,6-7,9-10H2,1-4H3;9H,5-8H2,1-4H3;7-8,17H,3-6H2,1H3;2,8,17H,3-4,6-7H2,1H3/b15-11+;15-5-;;12-8+;12-2-. The summed E-state index contributed by atoms with van der Waals surface area (Å²) in [6.07, 6.45) is 11.4. The highest BCUT2D eigenvalue weighted by Gasteiger charge is 2.54. The number of aromatic nitrogens is 5. The van der Waals surface area contributed by atoms with Gasteiger partial charge in [0.05, 0.1) is 125 Å². The number of nitrogens with zero attached hydrogens (tertiary/aromatic N) is 12. The van der Waals surface area contributed by atoms with E-state index in [1.807, 2.05) is 120 Å². The van der Waals surface area contributed by atoms with Gasteiger partial charge in [0.2, 0.25) is 0 Å². The number of aryl methyl sites for hydroxylation is 5. The van der Waals surface area contributed by atoms with Gasteiger partial charge in [0.25, 0.3) is 0 Å². The highest BCUT2D eigenvalue weighted by molar-refractivity contribution is 6.32. The number of rotatable bonds is 0. The van der Waals surface area contributed by atoms with Gasteiger partial charge >= 0.3 is 24.2 Å². The first-order valence-electron chi connectivity index (χ1n) is 37.8. The van der Waals surface area contributed by atoms with Crippen LogP contribution in [0.5, 0.6) is 0 Å². The molecule has 5 aromatic rings. The third-order valence-corrected chi connectivity index (χ3v) is 22.9. The fourth-order valence-electron chi connectivity index (χ4n) is 15.2. The van der Waals surface area contributed by atoms with Crippen molar-refractivity contribution >= 4 is 105 Å². The molecule has 602 valence electrons. The topological polar surface area (TPSA) is 297 Å². The van der Waals surface area contributed by atoms with Crippen molar-refractivity contribution < 1.29 is 57.1 Å². The molecule has 5 fully saturated rings. The summed E-state index contributed by atoms with van der Waals surface area (Å²) >= 11 is 30.8. The van der Waals surface area contributed by atoms with Gasteiger partial charge in [-0.1, -0.05) is 58.0 Å². The quantitative estimate of drug-likeness (QED) is 0.0630. The van der Waals surface area contributed by atoms with Crippen molar-refractivity contribution in [3.05, 3.63) is 188 Å². The number of nitrogens with one attached hydrogen (secondary N) is 2. The fourth-order valence-corrected chi connectivity index (χ4v) is 16.0. The Kier molecular flexibility index (Phi) is 25.3. The van der Waals surface area contributed by atoms with Gasteiger partial charge in [-0.2, -0.15) is 10.5 Å². The van der Waals surface area contributed by atoms with E-state index in [0.717, 1.165) is 120 Å². The first kappa shape index (κ1) is 85.4. The number of likely N-dealkylation sites (tertiary alicyclic amines) is 3. The van der Waals surface area contributed by atoms with Crippen LogP contribution in [0.1, 0.15) is 216 Å². The zero-order chi connectivity index (χ0) is 82.8. The van der Waals surface area contributed by atoms with Crippen LogP contribution in [0.2, 0.25) is 25.1 Å². The monoisotopic (exact) mass is 1650 g/mol. The molecule has 0 unspecified atom stereocenters. The summed E-state index contributed by atoms with van der Waals surface area (Å²) in [6, 6.07) is 13.0. The van der Waals surface area contributed by atoms with Crippen molar-refractivity contribution in [2.45, 2.75) is 206 Å². The Hall–Kier alpha value is -9.48. The summed E-state index contributed by atoms with van der Waals surface area (Å²) in [6.45, 7) is 46.5. The number of nitriles is 2. The minimum absolute atomic E-state index is 0.317. The molecule has 26 nitrogen and oxygen atoms in total. The number of amides is 3. The average molecular weight is 1660 g/mol. The Morgan fingerprint density at radius 3 is 0.904 bits per heavy atom. The lowest BCUT2D eigenvalue weighted by Gasteiger charge is -2.39. The van der Waals surface area contributed by atoms with Gasteiger partial charge in [0.15, 0.2) is 40.4 Å². The zero-order valence-corrected chi connectivity index (χ0v) is 70.3. The van der Waals surface area contributed by atoms with Gasteiger partial charge in [0.1, 0.15) is 39.8 Å². The van der Waals surface area contributed by atoms with Crippen LogP contribution in [0.25, 0.3) is 32.7 Å². The third kappa shape index (κ3) is 18.3. The van der Waals surface area contributed by atoms with Gasteiger partial charge < -0.3 is 63.2 Å². The summed E-state index contributed by atoms with van der Waals surface area (Å²) in [4.78, 5) is 83.7. The molecule has 2 N–H and O–H groups in total. The van der Waals surface area contributed by atoms with Crippen LogP contribution in [0, 0.1) is 70.4 Å². The summed E-state index contributed by atoms with van der Waals surface area (Å²) < 4.78 is 46.5. The van der Waals surface area contributed by atoms with E-state index in [9.17, 15) is 19.2 Å². The Morgan fingerprint density at radius 1 is 0.421 bits per heavy atom. The Bertz CT molecular complexity index is 4690. The SMILES string of the molecule is Cc1nc2c(cc1Cl)/C(=C/C#N)OC21CCN(C(=O)OC(C)(C)C)CC1.Cc1nc2c(cc1Cl)/C(=C/C#N)OC21CCNCC1.Cc1nc2c(cc1Cl)C(=O)OC21CCN(C(=O)OC(C)(C)C)CC1.[C-]#[N+]/C=C1/OC2(CCN(C(=O)OC(C)(C)C)CC2)c2nc(C)c(Cl)cc21.[C-]#[N+]/C=C1/OC2(CCNCC2)c2nc(C)c(Cl)cc21. The molecule has 0 bridgehead atoms. The van der Waals surface area contributed by atoms with Gasteiger partial charge in [-0.3, -0.25) is 24.9 Å². The van der Waals surface area contributed by atoms with E-state index in [0.29, 0.717) is 143 Å². The maximum Gasteiger partial charge on any atom is 0.410 e. The molecule has 0 radical (unpaired) electrons. The molecule has 15 heterocycles. The van der Waals surface area contributed by atoms with Crippen molar-refractivity contribution in [1.29, 1.82) is 10.5 Å². The molecule has 0 saturated carbocycles. The fraction of sp³-hybridized carbons (Fsp3) is 0.506. The molecule has 5 saturated heterocycles. The number of hydrogen-bond donors (Lipinski definition) is 2. The predicted octanol–water partition coefficient (Wildman–Crippen LogP) is 17.5. The van der Waals surface area contributed by atoms with Crippen molar-refractivity contribution in [3.63, 3.8) is 0 Å². The van der Waals surface area contributed by atoms with Gasteiger partial charge in [-0.15, -0.1) is 0 Å². The Balaban J connectivity index is 0.000000141. The van der Waals surface area contributed by atoms with E-state index in [1.165, 1.54) is 24.6 Å². The van der Waals surface area contributed by atoms with Crippen molar-refractivity contribution in [2.75, 3.05) is 65.4 Å². The highest BCUT2D eigenvalue weighted by Crippen LogP contribution is 2.54. The minimum Gasteiger partial charge on any atom is -0.492 e. The summed E-state index contributed by atoms with van der Waals surface area (Å²) in [5, 5.41) is 27.4. The van der Waals surface area contributed by atoms with E-state index in [1.54, 1.807) is 33.8 Å². The second kappa shape index (κ2) is 33.8. The van der Waals surface area contributed by atoms with Crippen LogP contribution in [0.3, 0.4) is 0 Å². The lowest BCUT2D eigenvalue weighted by atomic mass is 9.87. The van der Waals surface area contributed by atoms with Crippen LogP contribution in [0.4, 0.5) is 14.4 Å². The molecular formula is C83H93Cl5N14O12. The summed E-state index contributed by atoms with van der Waals surface area (Å²) in [7, 11) is 0. The molecular weight excluding hydrogens is 1560 g/mol.